The van der Waals surface area contributed by atoms with E-state index < -0.39 is 5.97 Å². The summed E-state index contributed by atoms with van der Waals surface area (Å²) < 4.78 is 15.0. The summed E-state index contributed by atoms with van der Waals surface area (Å²) in [5, 5.41) is 9.14. The Morgan fingerprint density at radius 2 is 2.12 bits per heavy atom. The fraction of sp³-hybridized carbons (Fsp3) is 0.364. The second-order valence-corrected chi connectivity index (χ2v) is 3.49. The fourth-order valence-electron chi connectivity index (χ4n) is 1.37. The lowest BCUT2D eigenvalue weighted by Gasteiger charge is -2.13. The van der Waals surface area contributed by atoms with Crippen LogP contribution in [0.3, 0.4) is 0 Å². The van der Waals surface area contributed by atoms with Gasteiger partial charge in [-0.2, -0.15) is 12.6 Å². The Hall–Kier alpha value is -1.40. The van der Waals surface area contributed by atoms with E-state index in [0.717, 1.165) is 0 Å². The summed E-state index contributed by atoms with van der Waals surface area (Å²) in [7, 11) is 2.96. The van der Waals surface area contributed by atoms with Crippen molar-refractivity contribution >= 4 is 18.6 Å². The number of carbonyl (C=O) groups is 1. The van der Waals surface area contributed by atoms with E-state index >= 15 is 0 Å². The number of methoxy groups -OCH3 is 2. The first kappa shape index (κ1) is 13.7. The van der Waals surface area contributed by atoms with Crippen molar-refractivity contribution in [2.24, 2.45) is 0 Å². The Labute approximate surface area is 105 Å². The molecule has 1 N–H and O–H groups in total. The molecule has 0 radical (unpaired) electrons. The number of hydrogen-bond acceptors (Lipinski definition) is 5. The number of carboxylic acid groups (broad SMARTS) is 1. The number of ether oxygens (including phenoxy) is 3. The Kier molecular flexibility index (Phi) is 5.11. The molecular formula is C11H14O5S. The predicted octanol–water partition coefficient (Wildman–Crippen LogP) is 1.81. The van der Waals surface area contributed by atoms with Crippen LogP contribution in [-0.2, 0) is 10.5 Å². The quantitative estimate of drug-likeness (QED) is 0.601. The van der Waals surface area contributed by atoms with E-state index in [4.69, 9.17) is 19.3 Å². The summed E-state index contributed by atoms with van der Waals surface area (Å²) in [5.41, 5.74) is 0.615. The smallest absolute Gasteiger partial charge is 0.339 e. The standard InChI is InChI=1S/C11H14O5S/c1-14-6-16-9-4-8(15-2)3-7(5-17)10(9)11(12)13/h3-4,17H,5-6H2,1-2H3,(H,12,13). The Morgan fingerprint density at radius 1 is 1.41 bits per heavy atom. The average molecular weight is 258 g/mol. The van der Waals surface area contributed by atoms with Gasteiger partial charge in [-0.15, -0.1) is 0 Å². The van der Waals surface area contributed by atoms with Gasteiger partial charge in [-0.25, -0.2) is 4.79 Å². The minimum atomic E-state index is -1.07. The average Bonchev–Trinajstić information content (AvgIpc) is 2.34. The van der Waals surface area contributed by atoms with E-state index in [1.165, 1.54) is 20.3 Å². The number of aromatic carboxylic acids is 1. The number of hydrogen-bond donors (Lipinski definition) is 2. The molecule has 0 fully saturated rings. The van der Waals surface area contributed by atoms with Crippen molar-refractivity contribution < 1.29 is 24.1 Å². The molecule has 0 heterocycles. The Bertz CT molecular complexity index is 405. The molecule has 0 aromatic heterocycles. The van der Waals surface area contributed by atoms with Gasteiger partial charge in [-0.3, -0.25) is 0 Å². The zero-order chi connectivity index (χ0) is 12.8. The molecule has 17 heavy (non-hydrogen) atoms. The second-order valence-electron chi connectivity index (χ2n) is 3.17. The van der Waals surface area contributed by atoms with Crippen molar-refractivity contribution in [2.45, 2.75) is 5.75 Å². The van der Waals surface area contributed by atoms with Crippen LogP contribution in [0.15, 0.2) is 12.1 Å². The van der Waals surface area contributed by atoms with Crippen LogP contribution in [0.25, 0.3) is 0 Å². The molecule has 0 aliphatic heterocycles. The van der Waals surface area contributed by atoms with Crippen LogP contribution < -0.4 is 9.47 Å². The predicted molar refractivity (Wildman–Crippen MR) is 65.1 cm³/mol. The van der Waals surface area contributed by atoms with Crippen LogP contribution in [-0.4, -0.2) is 32.1 Å². The van der Waals surface area contributed by atoms with Crippen LogP contribution >= 0.6 is 12.6 Å². The number of carboxylic acids is 1. The Balaban J connectivity index is 3.25. The molecule has 0 spiro atoms. The maximum atomic E-state index is 11.2. The molecule has 0 bridgehead atoms. The molecule has 6 heteroatoms. The van der Waals surface area contributed by atoms with E-state index in [1.807, 2.05) is 0 Å². The molecule has 5 nitrogen and oxygen atoms in total. The summed E-state index contributed by atoms with van der Waals surface area (Å²) in [6.45, 7) is -0.0283. The van der Waals surface area contributed by atoms with Crippen LogP contribution in [0.1, 0.15) is 15.9 Å². The number of thiol groups is 1. The van der Waals surface area contributed by atoms with Crippen LogP contribution in [0, 0.1) is 0 Å². The third-order valence-electron chi connectivity index (χ3n) is 2.11. The van der Waals surface area contributed by atoms with E-state index in [1.54, 1.807) is 6.07 Å². The van der Waals surface area contributed by atoms with Crippen LogP contribution in [0.5, 0.6) is 11.5 Å². The van der Waals surface area contributed by atoms with Gasteiger partial charge >= 0.3 is 5.97 Å². The largest absolute Gasteiger partial charge is 0.497 e. The topological polar surface area (TPSA) is 65.0 Å². The van der Waals surface area contributed by atoms with Crippen LogP contribution in [0.4, 0.5) is 0 Å². The molecule has 0 amide bonds. The van der Waals surface area contributed by atoms with Gasteiger partial charge in [0.1, 0.15) is 17.1 Å². The molecule has 1 aromatic rings. The van der Waals surface area contributed by atoms with Crippen molar-refractivity contribution in [2.75, 3.05) is 21.0 Å². The van der Waals surface area contributed by atoms with Crippen LogP contribution in [0.2, 0.25) is 0 Å². The first-order valence-corrected chi connectivity index (χ1v) is 5.44. The molecule has 0 atom stereocenters. The molecule has 94 valence electrons. The highest BCUT2D eigenvalue weighted by Crippen LogP contribution is 2.30. The lowest BCUT2D eigenvalue weighted by atomic mass is 10.1. The van der Waals surface area contributed by atoms with Gasteiger partial charge in [0.2, 0.25) is 0 Å². The third-order valence-corrected chi connectivity index (χ3v) is 2.45. The molecule has 0 aliphatic rings. The van der Waals surface area contributed by atoms with Gasteiger partial charge in [0.25, 0.3) is 0 Å². The van der Waals surface area contributed by atoms with E-state index in [0.29, 0.717) is 11.3 Å². The zero-order valence-electron chi connectivity index (χ0n) is 9.60. The van der Waals surface area contributed by atoms with Gasteiger partial charge in [0.05, 0.1) is 7.11 Å². The molecular weight excluding hydrogens is 244 g/mol. The number of benzene rings is 1. The highest BCUT2D eigenvalue weighted by atomic mass is 32.1. The summed E-state index contributed by atoms with van der Waals surface area (Å²) in [4.78, 5) is 11.2. The Morgan fingerprint density at radius 3 is 2.59 bits per heavy atom. The highest BCUT2D eigenvalue weighted by Gasteiger charge is 2.18. The lowest BCUT2D eigenvalue weighted by Crippen LogP contribution is -2.08. The van der Waals surface area contributed by atoms with E-state index in [9.17, 15) is 4.79 Å². The molecule has 1 aromatic carbocycles. The molecule has 1 rings (SSSR count). The molecule has 0 saturated heterocycles. The first-order chi connectivity index (χ1) is 8.13. The maximum Gasteiger partial charge on any atom is 0.339 e. The first-order valence-electron chi connectivity index (χ1n) is 4.80. The zero-order valence-corrected chi connectivity index (χ0v) is 10.5. The molecule has 0 saturated carbocycles. The lowest BCUT2D eigenvalue weighted by molar-refractivity contribution is 0.0481. The van der Waals surface area contributed by atoms with Gasteiger partial charge in [-0.1, -0.05) is 0 Å². The van der Waals surface area contributed by atoms with Gasteiger partial charge in [-0.05, 0) is 11.6 Å². The van der Waals surface area contributed by atoms with Crippen molar-refractivity contribution in [3.05, 3.63) is 23.3 Å². The normalized spacial score (nSPS) is 10.1. The fourth-order valence-corrected chi connectivity index (χ4v) is 1.62. The molecule has 0 aliphatic carbocycles. The van der Waals surface area contributed by atoms with Crippen molar-refractivity contribution in [1.82, 2.24) is 0 Å². The SMILES string of the molecule is COCOc1cc(OC)cc(CS)c1C(=O)O. The van der Waals surface area contributed by atoms with E-state index in [2.05, 4.69) is 12.6 Å². The third kappa shape index (κ3) is 3.28. The summed E-state index contributed by atoms with van der Waals surface area (Å²) in [6.07, 6.45) is 0. The second kappa shape index (κ2) is 6.36. The van der Waals surface area contributed by atoms with Crippen molar-refractivity contribution in [3.8, 4) is 11.5 Å². The summed E-state index contributed by atoms with van der Waals surface area (Å²) in [5.74, 6) is -0.0574. The summed E-state index contributed by atoms with van der Waals surface area (Å²) in [6, 6.07) is 3.13. The number of rotatable bonds is 6. The minimum absolute atomic E-state index is 0.0283. The maximum absolute atomic E-state index is 11.2. The highest BCUT2D eigenvalue weighted by molar-refractivity contribution is 7.79. The van der Waals surface area contributed by atoms with Crippen molar-refractivity contribution in [1.29, 1.82) is 0 Å². The van der Waals surface area contributed by atoms with Gasteiger partial charge in [0.15, 0.2) is 6.79 Å². The van der Waals surface area contributed by atoms with E-state index in [-0.39, 0.29) is 23.9 Å². The minimum Gasteiger partial charge on any atom is -0.497 e. The monoisotopic (exact) mass is 258 g/mol. The summed E-state index contributed by atoms with van der Waals surface area (Å²) >= 11 is 4.09. The van der Waals surface area contributed by atoms with Gasteiger partial charge < -0.3 is 19.3 Å². The van der Waals surface area contributed by atoms with Crippen molar-refractivity contribution in [3.63, 3.8) is 0 Å². The molecule has 0 unspecified atom stereocenters. The van der Waals surface area contributed by atoms with Gasteiger partial charge in [0, 0.05) is 18.9 Å².